The number of rotatable bonds is 7. The molecule has 0 spiro atoms. The first kappa shape index (κ1) is 14.3. The van der Waals surface area contributed by atoms with E-state index in [4.69, 9.17) is 8.37 Å². The second kappa shape index (κ2) is 7.54. The highest BCUT2D eigenvalue weighted by Crippen LogP contribution is 2.20. The van der Waals surface area contributed by atoms with E-state index < -0.39 is 8.07 Å². The van der Waals surface area contributed by atoms with Gasteiger partial charge in [-0.3, -0.25) is 0 Å². The van der Waals surface area contributed by atoms with Gasteiger partial charge in [0.2, 0.25) is 0 Å². The molecule has 0 aliphatic carbocycles. The van der Waals surface area contributed by atoms with Crippen molar-refractivity contribution in [2.45, 2.75) is 33.5 Å². The Labute approximate surface area is 97.2 Å². The van der Waals surface area contributed by atoms with Gasteiger partial charge in [-0.1, -0.05) is 33.5 Å². The van der Waals surface area contributed by atoms with Crippen molar-refractivity contribution in [2.75, 3.05) is 11.5 Å². The molecule has 0 heterocycles. The molecule has 0 aliphatic heterocycles. The van der Waals surface area contributed by atoms with Crippen molar-refractivity contribution in [3.8, 4) is 0 Å². The van der Waals surface area contributed by atoms with E-state index in [2.05, 4.69) is 39.2 Å². The Morgan fingerprint density at radius 3 is 1.79 bits per heavy atom. The van der Waals surface area contributed by atoms with Gasteiger partial charge in [0.15, 0.2) is 0 Å². The smallest absolute Gasteiger partial charge is 0.295 e. The second-order valence-corrected chi connectivity index (χ2v) is 10.8. The summed E-state index contributed by atoms with van der Waals surface area (Å²) in [6.45, 7) is 10.9. The molecule has 0 aliphatic rings. The molecular weight excluding hydrogens is 232 g/mol. The van der Waals surface area contributed by atoms with Crippen LogP contribution in [0.2, 0.25) is 19.6 Å². The molecule has 2 nitrogen and oxygen atoms in total. The second-order valence-electron chi connectivity index (χ2n) is 3.81. The molecule has 0 aromatic carbocycles. The van der Waals surface area contributed by atoms with Crippen LogP contribution in [0.4, 0.5) is 0 Å². The molecule has 0 radical (unpaired) electrons. The normalized spacial score (nSPS) is 10.9. The van der Waals surface area contributed by atoms with Gasteiger partial charge in [-0.15, -0.1) is 0 Å². The van der Waals surface area contributed by atoms with Gasteiger partial charge in [0.1, 0.15) is 0 Å². The Hall–Kier alpha value is 0.257. The average Bonchev–Trinajstić information content (AvgIpc) is 2.07. The molecule has 84 valence electrons. The summed E-state index contributed by atoms with van der Waals surface area (Å²) in [4.78, 5) is 0. The maximum atomic E-state index is 5.44. The van der Waals surface area contributed by atoms with Crippen LogP contribution in [-0.4, -0.2) is 19.6 Å². The van der Waals surface area contributed by atoms with Gasteiger partial charge in [0, 0.05) is 11.5 Å². The van der Waals surface area contributed by atoms with Crippen LogP contribution in [0.3, 0.4) is 0 Å². The zero-order valence-corrected chi connectivity index (χ0v) is 12.3. The van der Waals surface area contributed by atoms with E-state index in [1.54, 1.807) is 0 Å². The Balaban J connectivity index is 4.15. The topological polar surface area (TPSA) is 18.5 Å². The largest absolute Gasteiger partial charge is 0.391 e. The zero-order valence-electron chi connectivity index (χ0n) is 9.62. The molecular formula is C9H20O2S2Si. The Bertz CT molecular complexity index is 168. The van der Waals surface area contributed by atoms with E-state index in [0.717, 1.165) is 11.5 Å². The van der Waals surface area contributed by atoms with E-state index in [-0.39, 0.29) is 0 Å². The molecule has 0 saturated carbocycles. The van der Waals surface area contributed by atoms with Gasteiger partial charge in [-0.25, -0.2) is 0 Å². The van der Waals surface area contributed by atoms with Gasteiger partial charge in [0.05, 0.1) is 32.2 Å². The minimum Gasteiger partial charge on any atom is -0.391 e. The molecule has 0 N–H and O–H groups in total. The zero-order chi connectivity index (χ0) is 11.0. The molecule has 0 atom stereocenters. The van der Waals surface area contributed by atoms with Crippen LogP contribution in [-0.2, 0) is 8.37 Å². The lowest BCUT2D eigenvalue weighted by molar-refractivity contribution is 0.286. The van der Waals surface area contributed by atoms with Crippen molar-refractivity contribution < 1.29 is 8.37 Å². The van der Waals surface area contributed by atoms with E-state index in [1.165, 1.54) is 24.1 Å². The molecule has 0 amide bonds. The highest BCUT2D eigenvalue weighted by Gasteiger charge is 2.13. The van der Waals surface area contributed by atoms with Crippen molar-refractivity contribution in [3.63, 3.8) is 0 Å². The van der Waals surface area contributed by atoms with Gasteiger partial charge in [-0.2, -0.15) is 0 Å². The van der Waals surface area contributed by atoms with Crippen LogP contribution in [0.1, 0.15) is 13.8 Å². The molecule has 0 aromatic heterocycles. The van der Waals surface area contributed by atoms with Gasteiger partial charge in [-0.05, 0) is 5.70 Å². The SMILES string of the molecule is CCSOC(=C[Si](C)(C)C)OSCC. The van der Waals surface area contributed by atoms with Crippen molar-refractivity contribution in [3.05, 3.63) is 11.6 Å². The standard InChI is InChI=1S/C9H20O2S2Si/c1-6-12-10-9(11-13-7-2)8-14(3,4)5/h8H,6-7H2,1-5H3. The summed E-state index contributed by atoms with van der Waals surface area (Å²) in [6, 6.07) is 0. The fourth-order valence-corrected chi connectivity index (χ4v) is 2.32. The number of hydrogen-bond donors (Lipinski definition) is 0. The summed E-state index contributed by atoms with van der Waals surface area (Å²) in [6.07, 6.45) is 0. The molecule has 14 heavy (non-hydrogen) atoms. The molecule has 0 unspecified atom stereocenters. The third-order valence-electron chi connectivity index (χ3n) is 1.07. The first-order chi connectivity index (χ1) is 6.49. The maximum Gasteiger partial charge on any atom is 0.295 e. The highest BCUT2D eigenvalue weighted by atomic mass is 32.2. The molecule has 0 fully saturated rings. The van der Waals surface area contributed by atoms with Crippen LogP contribution in [0.15, 0.2) is 11.6 Å². The Morgan fingerprint density at radius 2 is 1.50 bits per heavy atom. The third-order valence-corrected chi connectivity index (χ3v) is 3.21. The Morgan fingerprint density at radius 1 is 1.07 bits per heavy atom. The van der Waals surface area contributed by atoms with E-state index >= 15 is 0 Å². The molecule has 5 heteroatoms. The lowest BCUT2D eigenvalue weighted by Gasteiger charge is -2.13. The monoisotopic (exact) mass is 252 g/mol. The van der Waals surface area contributed by atoms with Crippen LogP contribution in [0, 0.1) is 0 Å². The van der Waals surface area contributed by atoms with Crippen molar-refractivity contribution >= 4 is 32.2 Å². The van der Waals surface area contributed by atoms with E-state index in [1.807, 2.05) is 0 Å². The lowest BCUT2D eigenvalue weighted by Crippen LogP contribution is -2.17. The van der Waals surface area contributed by atoms with Crippen LogP contribution < -0.4 is 0 Å². The van der Waals surface area contributed by atoms with Crippen molar-refractivity contribution in [2.24, 2.45) is 0 Å². The highest BCUT2D eigenvalue weighted by molar-refractivity contribution is 7.95. The lowest BCUT2D eigenvalue weighted by atomic mass is 11.0. The van der Waals surface area contributed by atoms with Crippen LogP contribution in [0.25, 0.3) is 0 Å². The fraction of sp³-hybridized carbons (Fsp3) is 0.778. The van der Waals surface area contributed by atoms with Crippen LogP contribution >= 0.6 is 24.1 Å². The summed E-state index contributed by atoms with van der Waals surface area (Å²) in [5, 5.41) is 0. The first-order valence-electron chi connectivity index (χ1n) is 4.81. The Kier molecular flexibility index (Phi) is 7.67. The summed E-state index contributed by atoms with van der Waals surface area (Å²) >= 11 is 2.85. The summed E-state index contributed by atoms with van der Waals surface area (Å²) in [5.74, 6) is 2.54. The molecule has 0 saturated heterocycles. The van der Waals surface area contributed by atoms with Crippen molar-refractivity contribution in [1.29, 1.82) is 0 Å². The predicted molar refractivity (Wildman–Crippen MR) is 69.9 cm³/mol. The molecule has 0 bridgehead atoms. The quantitative estimate of drug-likeness (QED) is 0.386. The van der Waals surface area contributed by atoms with Gasteiger partial charge in [0.25, 0.3) is 5.95 Å². The van der Waals surface area contributed by atoms with Crippen LogP contribution in [0.5, 0.6) is 0 Å². The van der Waals surface area contributed by atoms with Crippen molar-refractivity contribution in [1.82, 2.24) is 0 Å². The number of hydrogen-bond acceptors (Lipinski definition) is 4. The van der Waals surface area contributed by atoms with E-state index in [9.17, 15) is 0 Å². The maximum absolute atomic E-state index is 5.44. The van der Waals surface area contributed by atoms with Gasteiger partial charge < -0.3 is 8.37 Å². The van der Waals surface area contributed by atoms with E-state index in [0.29, 0.717) is 5.95 Å². The predicted octanol–water partition coefficient (Wildman–Crippen LogP) is 4.07. The van der Waals surface area contributed by atoms with Gasteiger partial charge >= 0.3 is 0 Å². The molecule has 0 rings (SSSR count). The minimum absolute atomic E-state index is 0.669. The fourth-order valence-electron chi connectivity index (χ4n) is 0.650. The third kappa shape index (κ3) is 8.84. The summed E-state index contributed by atoms with van der Waals surface area (Å²) in [7, 11) is -1.26. The average molecular weight is 252 g/mol. The summed E-state index contributed by atoms with van der Waals surface area (Å²) in [5.41, 5.74) is 2.14. The summed E-state index contributed by atoms with van der Waals surface area (Å²) < 4.78 is 10.9. The minimum atomic E-state index is -1.26. The first-order valence-corrected chi connectivity index (χ1v) is 10.2. The molecule has 0 aromatic rings.